The number of hydrogen-bond acceptors (Lipinski definition) is 4. The molecule has 1 aromatic carbocycles. The zero-order valence-corrected chi connectivity index (χ0v) is 16.7. The lowest BCUT2D eigenvalue weighted by Gasteiger charge is -2.26. The number of aromatic amines is 1. The van der Waals surface area contributed by atoms with Crippen LogP contribution in [-0.4, -0.2) is 39.7 Å². The first-order valence-electron chi connectivity index (χ1n) is 9.94. The molecule has 0 atom stereocenters. The summed E-state index contributed by atoms with van der Waals surface area (Å²) in [6, 6.07) is 10.2. The van der Waals surface area contributed by atoms with E-state index in [0.29, 0.717) is 31.5 Å². The average Bonchev–Trinajstić information content (AvgIpc) is 3.45. The van der Waals surface area contributed by atoms with Crippen LogP contribution in [0.4, 0.5) is 4.79 Å². The number of nitrogens with one attached hydrogen (secondary N) is 1. The van der Waals surface area contributed by atoms with Crippen molar-refractivity contribution in [3.8, 4) is 0 Å². The molecule has 1 aliphatic heterocycles. The van der Waals surface area contributed by atoms with E-state index in [9.17, 15) is 9.59 Å². The van der Waals surface area contributed by atoms with E-state index >= 15 is 0 Å². The average molecular weight is 381 g/mol. The van der Waals surface area contributed by atoms with Gasteiger partial charge in [0.05, 0.1) is 11.1 Å². The van der Waals surface area contributed by atoms with Crippen LogP contribution in [0.2, 0.25) is 0 Å². The largest absolute Gasteiger partial charge is 0.444 e. The molecule has 148 valence electrons. The number of hydrogen-bond donors (Lipinski definition) is 1. The minimum absolute atomic E-state index is 0.0757. The highest BCUT2D eigenvalue weighted by Crippen LogP contribution is 2.51. The summed E-state index contributed by atoms with van der Waals surface area (Å²) in [4.78, 5) is 34.8. The fraction of sp³-hybridized carbons (Fsp3) is 0.500. The number of amides is 1. The van der Waals surface area contributed by atoms with Gasteiger partial charge in [0.1, 0.15) is 11.4 Å². The van der Waals surface area contributed by atoms with Crippen molar-refractivity contribution in [1.29, 1.82) is 0 Å². The van der Waals surface area contributed by atoms with Crippen molar-refractivity contribution in [3.05, 3.63) is 63.3 Å². The van der Waals surface area contributed by atoms with E-state index in [2.05, 4.69) is 17.1 Å². The molecule has 1 saturated carbocycles. The van der Waals surface area contributed by atoms with Crippen molar-refractivity contribution in [1.82, 2.24) is 14.9 Å². The van der Waals surface area contributed by atoms with Crippen molar-refractivity contribution in [2.45, 2.75) is 57.5 Å². The number of ether oxygens (including phenoxy) is 1. The molecule has 6 nitrogen and oxygen atoms in total. The molecule has 28 heavy (non-hydrogen) atoms. The zero-order valence-electron chi connectivity index (χ0n) is 16.7. The summed E-state index contributed by atoms with van der Waals surface area (Å²) in [5.74, 6) is 0.758. The molecule has 4 rings (SSSR count). The van der Waals surface area contributed by atoms with Crippen molar-refractivity contribution in [2.24, 2.45) is 0 Å². The Morgan fingerprint density at radius 2 is 1.82 bits per heavy atom. The van der Waals surface area contributed by atoms with E-state index < -0.39 is 5.60 Å². The van der Waals surface area contributed by atoms with Crippen LogP contribution in [0.1, 0.15) is 56.3 Å². The van der Waals surface area contributed by atoms with Gasteiger partial charge in [-0.25, -0.2) is 9.78 Å². The molecule has 1 amide bonds. The molecular formula is C22H27N3O3. The molecule has 1 aliphatic carbocycles. The maximum atomic E-state index is 12.8. The predicted molar refractivity (Wildman–Crippen MR) is 107 cm³/mol. The van der Waals surface area contributed by atoms with Gasteiger partial charge in [0.15, 0.2) is 0 Å². The van der Waals surface area contributed by atoms with E-state index in [1.807, 2.05) is 39.0 Å². The molecule has 1 fully saturated rings. The van der Waals surface area contributed by atoms with E-state index in [-0.39, 0.29) is 17.1 Å². The molecule has 1 aromatic heterocycles. The first kappa shape index (κ1) is 18.7. The van der Waals surface area contributed by atoms with Gasteiger partial charge in [0.25, 0.3) is 5.56 Å². The number of carbonyl (C=O) groups is 1. The number of aromatic nitrogens is 2. The molecule has 1 N–H and O–H groups in total. The minimum atomic E-state index is -0.535. The molecule has 2 heterocycles. The second-order valence-electron chi connectivity index (χ2n) is 8.76. The fourth-order valence-electron chi connectivity index (χ4n) is 3.89. The van der Waals surface area contributed by atoms with Gasteiger partial charge in [-0.2, -0.15) is 0 Å². The van der Waals surface area contributed by atoms with E-state index in [0.717, 1.165) is 24.4 Å². The lowest BCUT2D eigenvalue weighted by Crippen LogP contribution is -2.38. The SMILES string of the molecule is CC(C)(C)OC(=O)N1CCc2nc(C3(c4ccccc4)CC3)[nH]c(=O)c2CC1. The van der Waals surface area contributed by atoms with Crippen molar-refractivity contribution < 1.29 is 9.53 Å². The zero-order chi connectivity index (χ0) is 19.9. The summed E-state index contributed by atoms with van der Waals surface area (Å²) in [7, 11) is 0. The number of nitrogens with zero attached hydrogens (tertiary/aromatic N) is 2. The topological polar surface area (TPSA) is 75.3 Å². The summed E-state index contributed by atoms with van der Waals surface area (Å²) >= 11 is 0. The van der Waals surface area contributed by atoms with Crippen molar-refractivity contribution in [3.63, 3.8) is 0 Å². The second-order valence-corrected chi connectivity index (χ2v) is 8.76. The van der Waals surface area contributed by atoms with Gasteiger partial charge in [-0.15, -0.1) is 0 Å². The number of benzene rings is 1. The molecule has 0 spiro atoms. The molecule has 0 saturated heterocycles. The maximum Gasteiger partial charge on any atom is 0.410 e. The molecule has 6 heteroatoms. The van der Waals surface area contributed by atoms with Gasteiger partial charge in [-0.3, -0.25) is 4.79 Å². The van der Waals surface area contributed by atoms with Gasteiger partial charge in [-0.1, -0.05) is 30.3 Å². The van der Waals surface area contributed by atoms with Crippen LogP contribution in [0.15, 0.2) is 35.1 Å². The lowest BCUT2D eigenvalue weighted by molar-refractivity contribution is 0.0258. The van der Waals surface area contributed by atoms with Crippen molar-refractivity contribution in [2.75, 3.05) is 13.1 Å². The third-order valence-corrected chi connectivity index (χ3v) is 5.53. The number of rotatable bonds is 2. The Morgan fingerprint density at radius 3 is 2.46 bits per heavy atom. The lowest BCUT2D eigenvalue weighted by atomic mass is 9.94. The van der Waals surface area contributed by atoms with E-state index in [4.69, 9.17) is 9.72 Å². The number of fused-ring (bicyclic) bond motifs is 1. The third kappa shape index (κ3) is 3.55. The Bertz CT molecular complexity index is 940. The Balaban J connectivity index is 1.60. The monoisotopic (exact) mass is 381 g/mol. The van der Waals surface area contributed by atoms with Crippen LogP contribution in [0.3, 0.4) is 0 Å². The standard InChI is InChI=1S/C22H27N3O3/c1-21(2,3)28-20(27)25-13-9-16-17(10-14-25)23-19(24-18(16)26)22(11-12-22)15-7-5-4-6-8-15/h4-8H,9-14H2,1-3H3,(H,23,24,26). The van der Waals surface area contributed by atoms with Crippen LogP contribution in [0.5, 0.6) is 0 Å². The molecule has 0 unspecified atom stereocenters. The highest BCUT2D eigenvalue weighted by atomic mass is 16.6. The van der Waals surface area contributed by atoms with Crippen LogP contribution in [0.25, 0.3) is 0 Å². The predicted octanol–water partition coefficient (Wildman–Crippen LogP) is 3.19. The quantitative estimate of drug-likeness (QED) is 0.867. The van der Waals surface area contributed by atoms with Crippen LogP contribution < -0.4 is 5.56 Å². The third-order valence-electron chi connectivity index (χ3n) is 5.53. The molecular weight excluding hydrogens is 354 g/mol. The second kappa shape index (κ2) is 6.76. The van der Waals surface area contributed by atoms with Crippen LogP contribution in [-0.2, 0) is 23.0 Å². The van der Waals surface area contributed by atoms with Crippen LogP contribution in [0, 0.1) is 0 Å². The Labute approximate surface area is 164 Å². The summed E-state index contributed by atoms with van der Waals surface area (Å²) in [6.07, 6.45) is 2.71. The number of carbonyl (C=O) groups excluding carboxylic acids is 1. The maximum absolute atomic E-state index is 12.8. The van der Waals surface area contributed by atoms with E-state index in [1.54, 1.807) is 4.90 Å². The van der Waals surface area contributed by atoms with Crippen LogP contribution >= 0.6 is 0 Å². The Hall–Kier alpha value is -2.63. The highest BCUT2D eigenvalue weighted by Gasteiger charge is 2.48. The summed E-state index contributed by atoms with van der Waals surface area (Å²) in [6.45, 7) is 6.55. The molecule has 2 aliphatic rings. The normalized spacial score (nSPS) is 18.2. The smallest absolute Gasteiger partial charge is 0.410 e. The first-order valence-corrected chi connectivity index (χ1v) is 9.94. The Kier molecular flexibility index (Phi) is 4.52. The van der Waals surface area contributed by atoms with Gasteiger partial charge in [-0.05, 0) is 45.6 Å². The molecule has 0 radical (unpaired) electrons. The van der Waals surface area contributed by atoms with E-state index in [1.165, 1.54) is 5.56 Å². The Morgan fingerprint density at radius 1 is 1.14 bits per heavy atom. The summed E-state index contributed by atoms with van der Waals surface area (Å²) in [5.41, 5.74) is 1.92. The minimum Gasteiger partial charge on any atom is -0.444 e. The summed E-state index contributed by atoms with van der Waals surface area (Å²) in [5, 5.41) is 0. The number of H-pyrrole nitrogens is 1. The fourth-order valence-corrected chi connectivity index (χ4v) is 3.89. The molecule has 2 aromatic rings. The van der Waals surface area contributed by atoms with Gasteiger partial charge in [0.2, 0.25) is 0 Å². The van der Waals surface area contributed by atoms with Gasteiger partial charge >= 0.3 is 6.09 Å². The van der Waals surface area contributed by atoms with Gasteiger partial charge < -0.3 is 14.6 Å². The highest BCUT2D eigenvalue weighted by molar-refractivity contribution is 5.68. The first-order chi connectivity index (χ1) is 13.3. The van der Waals surface area contributed by atoms with Crippen molar-refractivity contribution >= 4 is 6.09 Å². The summed E-state index contributed by atoms with van der Waals surface area (Å²) < 4.78 is 5.49. The molecule has 0 bridgehead atoms. The van der Waals surface area contributed by atoms with Gasteiger partial charge in [0, 0.05) is 25.1 Å².